The van der Waals surface area contributed by atoms with Crippen LogP contribution in [0.3, 0.4) is 0 Å². The van der Waals surface area contributed by atoms with E-state index in [2.05, 4.69) is 76.4 Å². The van der Waals surface area contributed by atoms with Crippen molar-refractivity contribution in [2.24, 2.45) is 5.92 Å². The number of rotatable bonds is 6. The number of carbonyl (C=O) groups is 1. The molecule has 1 heterocycles. The van der Waals surface area contributed by atoms with Crippen LogP contribution in [0.4, 0.5) is 0 Å². The molecule has 34 heavy (non-hydrogen) atoms. The Hall–Kier alpha value is -1.91. The molecule has 2 atom stereocenters. The molecule has 1 aromatic heterocycles. The van der Waals surface area contributed by atoms with Crippen molar-refractivity contribution in [1.82, 2.24) is 4.57 Å². The van der Waals surface area contributed by atoms with E-state index in [9.17, 15) is 9.90 Å². The lowest BCUT2D eigenvalue weighted by Crippen LogP contribution is -2.45. The molecule has 1 saturated carbocycles. The molecule has 1 N–H and O–H groups in total. The standard InChI is InChI=1S/C29H36ClNO2S/c1-18(2)21-11-14-24-23(17-21)26(34-28(4,5)6)25(16-20-9-12-22(30)13-10-20)31(24)29(27(32)33)15-7-8-19(29)3/h9-14,17-19H,7-8,15-16H2,1-6H3,(H,32,33). The summed E-state index contributed by atoms with van der Waals surface area (Å²) in [5, 5.41) is 12.6. The van der Waals surface area contributed by atoms with Gasteiger partial charge in [-0.25, -0.2) is 4.79 Å². The quantitative estimate of drug-likeness (QED) is 0.347. The molecule has 2 unspecified atom stereocenters. The maximum atomic E-state index is 13.1. The minimum absolute atomic E-state index is 0.0145. The monoisotopic (exact) mass is 497 g/mol. The summed E-state index contributed by atoms with van der Waals surface area (Å²) in [7, 11) is 0. The molecule has 5 heteroatoms. The molecule has 1 aliphatic rings. The summed E-state index contributed by atoms with van der Waals surface area (Å²) in [5.41, 5.74) is 3.63. The van der Waals surface area contributed by atoms with Gasteiger partial charge in [0.25, 0.3) is 0 Å². The minimum atomic E-state index is -0.934. The van der Waals surface area contributed by atoms with Crippen LogP contribution in [-0.4, -0.2) is 20.4 Å². The Morgan fingerprint density at radius 1 is 1.21 bits per heavy atom. The molecule has 3 aromatic rings. The lowest BCUT2D eigenvalue weighted by Gasteiger charge is -2.34. The van der Waals surface area contributed by atoms with Crippen molar-refractivity contribution in [3.05, 3.63) is 64.3 Å². The second-order valence-corrected chi connectivity index (χ2v) is 13.4. The van der Waals surface area contributed by atoms with Crippen molar-refractivity contribution in [1.29, 1.82) is 0 Å². The summed E-state index contributed by atoms with van der Waals surface area (Å²) < 4.78 is 2.20. The van der Waals surface area contributed by atoms with Crippen molar-refractivity contribution in [3.8, 4) is 0 Å². The first kappa shape index (κ1) is 25.2. The summed E-state index contributed by atoms with van der Waals surface area (Å²) in [5.74, 6) is -0.257. The van der Waals surface area contributed by atoms with Crippen molar-refractivity contribution in [3.63, 3.8) is 0 Å². The van der Waals surface area contributed by atoms with Crippen LogP contribution < -0.4 is 0 Å². The molecule has 0 radical (unpaired) electrons. The van der Waals surface area contributed by atoms with E-state index in [-0.39, 0.29) is 10.7 Å². The average molecular weight is 498 g/mol. The highest BCUT2D eigenvalue weighted by Gasteiger charge is 2.50. The fourth-order valence-corrected chi connectivity index (χ4v) is 6.72. The number of aliphatic carboxylic acids is 1. The van der Waals surface area contributed by atoms with E-state index in [1.807, 2.05) is 23.9 Å². The van der Waals surface area contributed by atoms with Crippen molar-refractivity contribution < 1.29 is 9.90 Å². The second kappa shape index (κ2) is 9.28. The van der Waals surface area contributed by atoms with Crippen molar-refractivity contribution in [2.45, 2.75) is 88.3 Å². The van der Waals surface area contributed by atoms with E-state index in [1.54, 1.807) is 0 Å². The van der Waals surface area contributed by atoms with Gasteiger partial charge >= 0.3 is 5.97 Å². The van der Waals surface area contributed by atoms with Gasteiger partial charge in [0, 0.05) is 32.2 Å². The summed E-state index contributed by atoms with van der Waals surface area (Å²) >= 11 is 8.03. The van der Waals surface area contributed by atoms with Crippen LogP contribution in [0, 0.1) is 5.92 Å². The van der Waals surface area contributed by atoms with Gasteiger partial charge < -0.3 is 9.67 Å². The molecule has 2 aromatic carbocycles. The summed E-state index contributed by atoms with van der Waals surface area (Å²) in [4.78, 5) is 14.3. The van der Waals surface area contributed by atoms with Gasteiger partial charge in [0.2, 0.25) is 0 Å². The lowest BCUT2D eigenvalue weighted by molar-refractivity contribution is -0.149. The Morgan fingerprint density at radius 3 is 2.41 bits per heavy atom. The molecular formula is C29H36ClNO2S. The van der Waals surface area contributed by atoms with Crippen LogP contribution in [0.25, 0.3) is 10.9 Å². The van der Waals surface area contributed by atoms with Crippen LogP contribution in [0.2, 0.25) is 5.02 Å². The van der Waals surface area contributed by atoms with E-state index in [0.717, 1.165) is 29.6 Å². The summed E-state index contributed by atoms with van der Waals surface area (Å²) in [6.45, 7) is 13.2. The number of nitrogens with zero attached hydrogens (tertiary/aromatic N) is 1. The van der Waals surface area contributed by atoms with Gasteiger partial charge in [-0.15, -0.1) is 11.8 Å². The van der Waals surface area contributed by atoms with E-state index in [0.29, 0.717) is 23.8 Å². The van der Waals surface area contributed by atoms with Gasteiger partial charge in [0.1, 0.15) is 5.54 Å². The largest absolute Gasteiger partial charge is 0.479 e. The van der Waals surface area contributed by atoms with Crippen LogP contribution in [0.5, 0.6) is 0 Å². The molecule has 182 valence electrons. The third kappa shape index (κ3) is 4.52. The molecule has 0 saturated heterocycles. The smallest absolute Gasteiger partial charge is 0.330 e. The predicted octanol–water partition coefficient (Wildman–Crippen LogP) is 8.50. The molecule has 0 aliphatic heterocycles. The third-order valence-corrected chi connectivity index (χ3v) is 8.70. The highest BCUT2D eigenvalue weighted by Crippen LogP contribution is 2.50. The molecule has 1 fully saturated rings. The van der Waals surface area contributed by atoms with Crippen molar-refractivity contribution in [2.75, 3.05) is 0 Å². The fraction of sp³-hybridized carbons (Fsp3) is 0.483. The first-order chi connectivity index (χ1) is 15.9. The number of fused-ring (bicyclic) bond motifs is 1. The van der Waals surface area contributed by atoms with Gasteiger partial charge in [-0.05, 0) is 60.1 Å². The Morgan fingerprint density at radius 2 is 1.88 bits per heavy atom. The third-order valence-electron chi connectivity index (χ3n) is 7.18. The van der Waals surface area contributed by atoms with Crippen LogP contribution in [0.15, 0.2) is 47.4 Å². The Kier molecular flexibility index (Phi) is 6.87. The van der Waals surface area contributed by atoms with E-state index in [4.69, 9.17) is 11.6 Å². The van der Waals surface area contributed by atoms with Crippen LogP contribution in [-0.2, 0) is 16.8 Å². The number of carboxylic acid groups (broad SMARTS) is 1. The van der Waals surface area contributed by atoms with Gasteiger partial charge in [-0.2, -0.15) is 0 Å². The normalized spacial score (nSPS) is 21.0. The minimum Gasteiger partial charge on any atom is -0.479 e. The molecule has 0 spiro atoms. The Balaban J connectivity index is 2.08. The maximum absolute atomic E-state index is 13.1. The molecule has 0 bridgehead atoms. The Bertz CT molecular complexity index is 1210. The number of carboxylic acids is 1. The first-order valence-electron chi connectivity index (χ1n) is 12.3. The topological polar surface area (TPSA) is 42.2 Å². The predicted molar refractivity (Wildman–Crippen MR) is 145 cm³/mol. The van der Waals surface area contributed by atoms with Crippen LogP contribution in [0.1, 0.15) is 83.5 Å². The zero-order valence-electron chi connectivity index (χ0n) is 21.1. The average Bonchev–Trinajstić information content (AvgIpc) is 3.27. The zero-order valence-corrected chi connectivity index (χ0v) is 22.7. The van der Waals surface area contributed by atoms with Gasteiger partial charge in [-0.1, -0.05) is 77.8 Å². The van der Waals surface area contributed by atoms with Gasteiger partial charge in [0.15, 0.2) is 0 Å². The summed E-state index contributed by atoms with van der Waals surface area (Å²) in [6, 6.07) is 14.6. The second-order valence-electron chi connectivity index (χ2n) is 11.1. The molecule has 3 nitrogen and oxygen atoms in total. The highest BCUT2D eigenvalue weighted by molar-refractivity contribution is 8.00. The Labute approximate surface area is 212 Å². The number of hydrogen-bond donors (Lipinski definition) is 1. The van der Waals surface area contributed by atoms with Gasteiger partial charge in [0.05, 0.1) is 5.52 Å². The number of halogens is 1. The molecular weight excluding hydrogens is 462 g/mol. The highest BCUT2D eigenvalue weighted by atomic mass is 35.5. The SMILES string of the molecule is CC(C)c1ccc2c(c1)c(SC(C)(C)C)c(Cc1ccc(Cl)cc1)n2C1(C(=O)O)CCCC1C. The van der Waals surface area contributed by atoms with E-state index >= 15 is 0 Å². The van der Waals surface area contributed by atoms with Gasteiger partial charge in [-0.3, -0.25) is 0 Å². The van der Waals surface area contributed by atoms with Crippen LogP contribution >= 0.6 is 23.4 Å². The number of hydrogen-bond acceptors (Lipinski definition) is 2. The molecule has 1 aliphatic carbocycles. The number of thioether (sulfide) groups is 1. The molecule has 0 amide bonds. The first-order valence-corrected chi connectivity index (χ1v) is 13.5. The lowest BCUT2D eigenvalue weighted by atomic mass is 9.87. The zero-order chi connectivity index (χ0) is 24.8. The summed E-state index contributed by atoms with van der Waals surface area (Å²) in [6.07, 6.45) is 3.19. The van der Waals surface area contributed by atoms with Crippen molar-refractivity contribution >= 4 is 40.2 Å². The van der Waals surface area contributed by atoms with E-state index < -0.39 is 11.5 Å². The fourth-order valence-electron chi connectivity index (χ4n) is 5.43. The molecule has 4 rings (SSSR count). The number of aromatic nitrogens is 1. The maximum Gasteiger partial charge on any atom is 0.330 e. The number of benzene rings is 2. The van der Waals surface area contributed by atoms with E-state index in [1.165, 1.54) is 15.8 Å².